The first kappa shape index (κ1) is 12.6. The maximum absolute atomic E-state index is 10.8. The number of nitrogens with one attached hydrogen (secondary N) is 1. The Balaban J connectivity index is 3.37. The van der Waals surface area contributed by atoms with E-state index in [9.17, 15) is 4.79 Å². The fourth-order valence-corrected chi connectivity index (χ4v) is 0.970. The van der Waals surface area contributed by atoms with Gasteiger partial charge in [0, 0.05) is 13.1 Å². The van der Waals surface area contributed by atoms with Gasteiger partial charge in [0.25, 0.3) is 5.91 Å². The molecule has 14 heavy (non-hydrogen) atoms. The lowest BCUT2D eigenvalue weighted by molar-refractivity contribution is -0.114. The number of rotatable bonds is 7. The Morgan fingerprint density at radius 1 is 1.71 bits per heavy atom. The zero-order valence-electron chi connectivity index (χ0n) is 8.44. The molecule has 0 aromatic carbocycles. The van der Waals surface area contributed by atoms with E-state index in [1.165, 1.54) is 0 Å². The highest BCUT2D eigenvalue weighted by atomic mass is 16.4. The van der Waals surface area contributed by atoms with Gasteiger partial charge in [-0.15, -0.1) is 6.58 Å². The van der Waals surface area contributed by atoms with Crippen LogP contribution in [0.15, 0.2) is 17.8 Å². The molecule has 0 aromatic rings. The molecule has 0 aliphatic rings. The molecule has 0 atom stereocenters. The number of hydrogen-bond donors (Lipinski definition) is 2. The van der Waals surface area contributed by atoms with Crippen molar-refractivity contribution >= 4 is 12.1 Å². The van der Waals surface area contributed by atoms with E-state index in [4.69, 9.17) is 5.21 Å². The Hall–Kier alpha value is -1.36. The van der Waals surface area contributed by atoms with Crippen LogP contribution in [0.3, 0.4) is 0 Å². The summed E-state index contributed by atoms with van der Waals surface area (Å²) in [5.74, 6) is -0.376. The summed E-state index contributed by atoms with van der Waals surface area (Å²) < 4.78 is 0. The van der Waals surface area contributed by atoms with Crippen molar-refractivity contribution in [3.05, 3.63) is 12.7 Å². The predicted molar refractivity (Wildman–Crippen MR) is 55.6 cm³/mol. The van der Waals surface area contributed by atoms with E-state index in [0.717, 1.165) is 25.7 Å². The van der Waals surface area contributed by atoms with Crippen LogP contribution >= 0.6 is 0 Å². The molecular weight excluding hydrogens is 182 g/mol. The number of likely N-dealkylation sites (N-methyl/N-ethyl adjacent to an activating group) is 1. The van der Waals surface area contributed by atoms with E-state index >= 15 is 0 Å². The van der Waals surface area contributed by atoms with E-state index < -0.39 is 0 Å². The van der Waals surface area contributed by atoms with E-state index in [0.29, 0.717) is 6.54 Å². The van der Waals surface area contributed by atoms with E-state index in [2.05, 4.69) is 22.0 Å². The molecule has 0 bridgehead atoms. The van der Waals surface area contributed by atoms with Crippen molar-refractivity contribution in [3.8, 4) is 0 Å². The van der Waals surface area contributed by atoms with E-state index in [1.807, 2.05) is 13.1 Å². The Bertz CT molecular complexity index is 204. The van der Waals surface area contributed by atoms with Crippen LogP contribution in [0.25, 0.3) is 0 Å². The van der Waals surface area contributed by atoms with E-state index in [1.54, 1.807) is 0 Å². The van der Waals surface area contributed by atoms with Gasteiger partial charge in [-0.1, -0.05) is 11.2 Å². The molecule has 0 unspecified atom stereocenters. The first-order chi connectivity index (χ1) is 6.70. The minimum absolute atomic E-state index is 0.376. The predicted octanol–water partition coefficient (Wildman–Crippen LogP) is 0.0705. The van der Waals surface area contributed by atoms with Crippen LogP contribution in [0.1, 0.15) is 6.42 Å². The van der Waals surface area contributed by atoms with Gasteiger partial charge in [0.15, 0.2) is 0 Å². The van der Waals surface area contributed by atoms with Crippen molar-refractivity contribution in [2.75, 3.05) is 26.7 Å². The lowest BCUT2D eigenvalue weighted by atomic mass is 10.4. The van der Waals surface area contributed by atoms with Crippen LogP contribution in [-0.2, 0) is 4.79 Å². The van der Waals surface area contributed by atoms with Crippen molar-refractivity contribution < 1.29 is 10.0 Å². The quantitative estimate of drug-likeness (QED) is 0.200. The summed E-state index contributed by atoms with van der Waals surface area (Å²) in [4.78, 5) is 12.9. The maximum Gasteiger partial charge on any atom is 0.265 e. The van der Waals surface area contributed by atoms with Gasteiger partial charge in [0.2, 0.25) is 0 Å². The third-order valence-corrected chi connectivity index (χ3v) is 1.63. The van der Waals surface area contributed by atoms with Crippen molar-refractivity contribution in [1.82, 2.24) is 10.2 Å². The molecule has 0 radical (unpaired) electrons. The molecule has 1 amide bonds. The highest BCUT2D eigenvalue weighted by molar-refractivity contribution is 6.25. The molecule has 0 aromatic heterocycles. The highest BCUT2D eigenvalue weighted by Gasteiger charge is 1.97. The number of oxime groups is 1. The van der Waals surface area contributed by atoms with Gasteiger partial charge >= 0.3 is 0 Å². The van der Waals surface area contributed by atoms with Gasteiger partial charge in [-0.25, -0.2) is 0 Å². The monoisotopic (exact) mass is 199 g/mol. The zero-order chi connectivity index (χ0) is 10.8. The third kappa shape index (κ3) is 7.30. The molecule has 0 fully saturated rings. The summed E-state index contributed by atoms with van der Waals surface area (Å²) in [6, 6.07) is 0. The van der Waals surface area contributed by atoms with Crippen molar-refractivity contribution in [3.63, 3.8) is 0 Å². The fraction of sp³-hybridized carbons (Fsp3) is 0.556. The summed E-state index contributed by atoms with van der Waals surface area (Å²) in [6.07, 6.45) is 3.53. The number of nitrogens with zero attached hydrogens (tertiary/aromatic N) is 2. The number of carbonyl (C=O) groups excluding carboxylic acids is 1. The summed E-state index contributed by atoms with van der Waals surface area (Å²) in [5, 5.41) is 13.2. The van der Waals surface area contributed by atoms with Crippen molar-refractivity contribution in [1.29, 1.82) is 0 Å². The normalized spacial score (nSPS) is 10.7. The maximum atomic E-state index is 10.8. The average Bonchev–Trinajstić information content (AvgIpc) is 2.13. The minimum atomic E-state index is -0.376. The van der Waals surface area contributed by atoms with Crippen molar-refractivity contribution in [2.45, 2.75) is 6.42 Å². The Morgan fingerprint density at radius 3 is 3.00 bits per heavy atom. The lowest BCUT2D eigenvalue weighted by Gasteiger charge is -2.13. The number of amides is 1. The van der Waals surface area contributed by atoms with Crippen LogP contribution < -0.4 is 5.32 Å². The zero-order valence-corrected chi connectivity index (χ0v) is 8.44. The minimum Gasteiger partial charge on any atom is -0.411 e. The Labute approximate surface area is 84.1 Å². The van der Waals surface area contributed by atoms with Gasteiger partial charge in [0.1, 0.15) is 6.21 Å². The molecular formula is C9H17N3O2. The molecule has 0 heterocycles. The van der Waals surface area contributed by atoms with Crippen molar-refractivity contribution in [2.24, 2.45) is 5.16 Å². The molecule has 0 aliphatic carbocycles. The largest absolute Gasteiger partial charge is 0.411 e. The second kappa shape index (κ2) is 8.25. The summed E-state index contributed by atoms with van der Waals surface area (Å²) in [5.41, 5.74) is 0. The molecule has 0 aliphatic heterocycles. The van der Waals surface area contributed by atoms with Gasteiger partial charge in [-0.05, 0) is 20.0 Å². The fourth-order valence-electron chi connectivity index (χ4n) is 0.970. The lowest BCUT2D eigenvalue weighted by Crippen LogP contribution is -2.28. The summed E-state index contributed by atoms with van der Waals surface area (Å²) in [6.45, 7) is 5.93. The average molecular weight is 199 g/mol. The SMILES string of the molecule is C=CCN(C)CCCNC(=O)/C=N\O. The summed E-state index contributed by atoms with van der Waals surface area (Å²) in [7, 11) is 1.98. The molecule has 80 valence electrons. The van der Waals surface area contributed by atoms with Gasteiger partial charge in [0.05, 0.1) is 0 Å². The molecule has 2 N–H and O–H groups in total. The molecule has 5 heteroatoms. The van der Waals surface area contributed by atoms with Crippen LogP contribution in [0.4, 0.5) is 0 Å². The third-order valence-electron chi connectivity index (χ3n) is 1.63. The Morgan fingerprint density at radius 2 is 2.43 bits per heavy atom. The molecule has 0 rings (SSSR count). The molecule has 0 saturated heterocycles. The molecule has 0 spiro atoms. The number of carbonyl (C=O) groups is 1. The van der Waals surface area contributed by atoms with Crippen LogP contribution in [0, 0.1) is 0 Å². The topological polar surface area (TPSA) is 64.9 Å². The van der Waals surface area contributed by atoms with Gasteiger partial charge in [-0.3, -0.25) is 4.79 Å². The highest BCUT2D eigenvalue weighted by Crippen LogP contribution is 1.85. The second-order valence-corrected chi connectivity index (χ2v) is 2.94. The van der Waals surface area contributed by atoms with Crippen LogP contribution in [0.2, 0.25) is 0 Å². The van der Waals surface area contributed by atoms with Crippen LogP contribution in [-0.4, -0.2) is 48.9 Å². The molecule has 0 saturated carbocycles. The van der Waals surface area contributed by atoms with E-state index in [-0.39, 0.29) is 5.91 Å². The standard InChI is InChI=1S/C9H17N3O2/c1-3-6-12(2)7-4-5-10-9(13)8-11-14/h3,8,14H,1,4-7H2,2H3,(H,10,13)/b11-8-. The second-order valence-electron chi connectivity index (χ2n) is 2.94. The van der Waals surface area contributed by atoms with Gasteiger partial charge < -0.3 is 15.4 Å². The smallest absolute Gasteiger partial charge is 0.265 e. The number of hydrogen-bond acceptors (Lipinski definition) is 4. The van der Waals surface area contributed by atoms with Crippen LogP contribution in [0.5, 0.6) is 0 Å². The van der Waals surface area contributed by atoms with Gasteiger partial charge in [-0.2, -0.15) is 0 Å². The summed E-state index contributed by atoms with van der Waals surface area (Å²) >= 11 is 0. The Kier molecular flexibility index (Phi) is 7.45. The molecule has 5 nitrogen and oxygen atoms in total. The first-order valence-electron chi connectivity index (χ1n) is 4.45. The first-order valence-corrected chi connectivity index (χ1v) is 4.45.